The Kier molecular flexibility index (Phi) is 5.61. The first-order chi connectivity index (χ1) is 17.2. The third kappa shape index (κ3) is 3.46. The van der Waals surface area contributed by atoms with E-state index < -0.39 is 59.9 Å². The summed E-state index contributed by atoms with van der Waals surface area (Å²) in [5.41, 5.74) is 1.14. The summed E-state index contributed by atoms with van der Waals surface area (Å²) >= 11 is 0. The van der Waals surface area contributed by atoms with Crippen molar-refractivity contribution in [2.45, 2.75) is 24.3 Å². The van der Waals surface area contributed by atoms with Crippen molar-refractivity contribution in [2.75, 3.05) is 13.2 Å². The third-order valence-electron chi connectivity index (χ3n) is 6.32. The van der Waals surface area contributed by atoms with Crippen LogP contribution in [-0.2, 0) is 19.1 Å². The SMILES string of the molecule is O=C1OC[C@H](N2C(=O)c3ccccc3C2=O)[C@H]1O.O=C1OC[C@H](N2C(=O)c3ccccc3C2=O)[C@H]1O. The highest BCUT2D eigenvalue weighted by Gasteiger charge is 2.49. The number of benzene rings is 2. The molecular formula is C24H18N2O10. The molecule has 2 N–H and O–H groups in total. The first-order valence-corrected chi connectivity index (χ1v) is 10.9. The fourth-order valence-electron chi connectivity index (χ4n) is 4.45. The van der Waals surface area contributed by atoms with Crippen LogP contribution in [-0.4, -0.2) is 93.1 Å². The molecule has 2 aromatic rings. The number of ether oxygens (including phenoxy) is 2. The topological polar surface area (TPSA) is 168 Å². The summed E-state index contributed by atoms with van der Waals surface area (Å²) in [4.78, 5) is 72.3. The first-order valence-electron chi connectivity index (χ1n) is 10.9. The molecule has 4 aliphatic rings. The number of fused-ring (bicyclic) bond motifs is 2. The number of amides is 4. The van der Waals surface area contributed by atoms with E-state index in [1.807, 2.05) is 0 Å². The fourth-order valence-corrected chi connectivity index (χ4v) is 4.45. The molecule has 4 atom stereocenters. The zero-order valence-corrected chi connectivity index (χ0v) is 18.4. The average molecular weight is 494 g/mol. The van der Waals surface area contributed by atoms with Crippen LogP contribution in [0.2, 0.25) is 0 Å². The maximum Gasteiger partial charge on any atom is 0.337 e. The summed E-state index contributed by atoms with van der Waals surface area (Å²) in [5, 5.41) is 19.2. The number of cyclic esters (lactones) is 2. The number of imide groups is 2. The summed E-state index contributed by atoms with van der Waals surface area (Å²) in [6.45, 7) is -0.322. The second-order valence-electron chi connectivity index (χ2n) is 8.34. The van der Waals surface area contributed by atoms with Crippen LogP contribution in [0.1, 0.15) is 41.4 Å². The van der Waals surface area contributed by atoms with Crippen LogP contribution in [0.5, 0.6) is 0 Å². The number of aliphatic hydroxyl groups excluding tert-OH is 2. The van der Waals surface area contributed by atoms with Crippen molar-refractivity contribution < 1.29 is 48.5 Å². The van der Waals surface area contributed by atoms with Gasteiger partial charge in [0.2, 0.25) is 0 Å². The standard InChI is InChI=1S/2C12H9NO5/c2*14-9-8(5-18-12(9)17)13-10(15)6-3-1-2-4-7(6)11(13)16/h2*1-4,8-9,14H,5H2/t2*8-,9+/m00/s1. The molecular weight excluding hydrogens is 476 g/mol. The Hall–Kier alpha value is -4.42. The predicted molar refractivity (Wildman–Crippen MR) is 115 cm³/mol. The Morgan fingerprint density at radius 3 is 1.06 bits per heavy atom. The lowest BCUT2D eigenvalue weighted by Gasteiger charge is -2.21. The first kappa shape index (κ1) is 23.3. The van der Waals surface area contributed by atoms with Crippen LogP contribution in [0.4, 0.5) is 0 Å². The highest BCUT2D eigenvalue weighted by atomic mass is 16.6. The van der Waals surface area contributed by atoms with Crippen LogP contribution in [0.3, 0.4) is 0 Å². The van der Waals surface area contributed by atoms with Gasteiger partial charge in [0.25, 0.3) is 23.6 Å². The minimum absolute atomic E-state index is 0.161. The monoisotopic (exact) mass is 494 g/mol. The van der Waals surface area contributed by atoms with Gasteiger partial charge in [0.15, 0.2) is 12.2 Å². The molecule has 4 amide bonds. The third-order valence-corrected chi connectivity index (χ3v) is 6.32. The minimum atomic E-state index is -1.47. The summed E-state index contributed by atoms with van der Waals surface area (Å²) < 4.78 is 9.30. The van der Waals surface area contributed by atoms with Gasteiger partial charge in [-0.2, -0.15) is 0 Å². The van der Waals surface area contributed by atoms with Crippen LogP contribution < -0.4 is 0 Å². The molecule has 0 saturated carbocycles. The second kappa shape index (κ2) is 8.66. The van der Waals surface area contributed by atoms with Gasteiger partial charge in [-0.3, -0.25) is 29.0 Å². The second-order valence-corrected chi connectivity index (χ2v) is 8.34. The van der Waals surface area contributed by atoms with Gasteiger partial charge in [-0.15, -0.1) is 0 Å². The smallest absolute Gasteiger partial charge is 0.337 e. The number of hydrogen-bond donors (Lipinski definition) is 2. The molecule has 12 nitrogen and oxygen atoms in total. The van der Waals surface area contributed by atoms with Crippen LogP contribution in [0, 0.1) is 0 Å². The van der Waals surface area contributed by atoms with Gasteiger partial charge in [-0.1, -0.05) is 24.3 Å². The fraction of sp³-hybridized carbons (Fsp3) is 0.250. The highest BCUT2D eigenvalue weighted by Crippen LogP contribution is 2.29. The highest BCUT2D eigenvalue weighted by molar-refractivity contribution is 6.22. The molecule has 4 aliphatic heterocycles. The molecule has 2 aromatic carbocycles. The van der Waals surface area contributed by atoms with Crippen LogP contribution in [0.25, 0.3) is 0 Å². The molecule has 0 unspecified atom stereocenters. The zero-order chi connectivity index (χ0) is 25.7. The summed E-state index contributed by atoms with van der Waals surface area (Å²) in [6.07, 6.45) is -2.93. The van der Waals surface area contributed by atoms with Crippen molar-refractivity contribution in [1.29, 1.82) is 0 Å². The Balaban J connectivity index is 0.000000148. The van der Waals surface area contributed by atoms with Gasteiger partial charge in [0.1, 0.15) is 25.3 Å². The Bertz CT molecular complexity index is 1170. The molecule has 4 heterocycles. The van der Waals surface area contributed by atoms with Crippen molar-refractivity contribution in [2.24, 2.45) is 0 Å². The molecule has 36 heavy (non-hydrogen) atoms. The van der Waals surface area contributed by atoms with Gasteiger partial charge in [0, 0.05) is 0 Å². The van der Waals surface area contributed by atoms with Crippen molar-refractivity contribution in [3.05, 3.63) is 70.8 Å². The molecule has 0 aliphatic carbocycles. The normalized spacial score (nSPS) is 26.5. The maximum atomic E-state index is 12.1. The molecule has 12 heteroatoms. The zero-order valence-electron chi connectivity index (χ0n) is 18.4. The molecule has 2 fully saturated rings. The lowest BCUT2D eigenvalue weighted by atomic mass is 10.1. The van der Waals surface area contributed by atoms with Crippen LogP contribution >= 0.6 is 0 Å². The number of nitrogens with zero attached hydrogens (tertiary/aromatic N) is 2. The molecule has 184 valence electrons. The van der Waals surface area contributed by atoms with E-state index in [9.17, 15) is 39.0 Å². The van der Waals surface area contributed by atoms with Crippen molar-refractivity contribution >= 4 is 35.6 Å². The Morgan fingerprint density at radius 1 is 0.556 bits per heavy atom. The van der Waals surface area contributed by atoms with Crippen molar-refractivity contribution in [1.82, 2.24) is 9.80 Å². The molecule has 0 bridgehead atoms. The van der Waals surface area contributed by atoms with E-state index in [0.29, 0.717) is 0 Å². The Labute approximate surface area is 202 Å². The van der Waals surface area contributed by atoms with Gasteiger partial charge in [0.05, 0.1) is 22.3 Å². The molecule has 2 saturated heterocycles. The summed E-state index contributed by atoms with van der Waals surface area (Å²) in [6, 6.07) is 10.9. The van der Waals surface area contributed by atoms with Gasteiger partial charge >= 0.3 is 11.9 Å². The predicted octanol–water partition coefficient (Wildman–Crippen LogP) is -0.862. The quantitative estimate of drug-likeness (QED) is 0.396. The lowest BCUT2D eigenvalue weighted by molar-refractivity contribution is -0.145. The van der Waals surface area contributed by atoms with E-state index >= 15 is 0 Å². The van der Waals surface area contributed by atoms with E-state index in [1.165, 1.54) is 0 Å². The van der Waals surface area contributed by atoms with Gasteiger partial charge in [-0.05, 0) is 24.3 Å². The Morgan fingerprint density at radius 2 is 0.833 bits per heavy atom. The minimum Gasteiger partial charge on any atom is -0.461 e. The summed E-state index contributed by atoms with van der Waals surface area (Å²) in [5.74, 6) is -3.63. The molecule has 0 radical (unpaired) electrons. The average Bonchev–Trinajstić information content (AvgIpc) is 3.55. The maximum absolute atomic E-state index is 12.1. The number of carbonyl (C=O) groups is 6. The van der Waals surface area contributed by atoms with Gasteiger partial charge in [-0.25, -0.2) is 9.59 Å². The molecule has 6 rings (SSSR count). The summed E-state index contributed by atoms with van der Waals surface area (Å²) in [7, 11) is 0. The van der Waals surface area contributed by atoms with E-state index in [-0.39, 0.29) is 35.5 Å². The van der Waals surface area contributed by atoms with E-state index in [0.717, 1.165) is 9.80 Å². The number of rotatable bonds is 2. The lowest BCUT2D eigenvalue weighted by Crippen LogP contribution is -2.47. The number of hydrogen-bond acceptors (Lipinski definition) is 10. The molecule has 0 spiro atoms. The van der Waals surface area contributed by atoms with E-state index in [4.69, 9.17) is 0 Å². The van der Waals surface area contributed by atoms with Crippen LogP contribution in [0.15, 0.2) is 48.5 Å². The van der Waals surface area contributed by atoms with Crippen molar-refractivity contribution in [3.63, 3.8) is 0 Å². The van der Waals surface area contributed by atoms with E-state index in [2.05, 4.69) is 9.47 Å². The van der Waals surface area contributed by atoms with Gasteiger partial charge < -0.3 is 19.7 Å². The number of aliphatic hydroxyl groups is 2. The largest absolute Gasteiger partial charge is 0.461 e. The number of esters is 2. The number of carbonyl (C=O) groups excluding carboxylic acids is 6. The molecule has 0 aromatic heterocycles. The van der Waals surface area contributed by atoms with Crippen molar-refractivity contribution in [3.8, 4) is 0 Å². The van der Waals surface area contributed by atoms with E-state index in [1.54, 1.807) is 48.5 Å².